The molecule has 2 aromatic carbocycles. The molecule has 31 heavy (non-hydrogen) atoms. The predicted octanol–water partition coefficient (Wildman–Crippen LogP) is 5.05. The van der Waals surface area contributed by atoms with E-state index in [0.717, 1.165) is 11.4 Å². The van der Waals surface area contributed by atoms with Crippen LogP contribution in [0.3, 0.4) is 0 Å². The number of carbonyl (C=O) groups excluding carboxylic acids is 2. The molecule has 1 fully saturated rings. The number of amides is 2. The van der Waals surface area contributed by atoms with Gasteiger partial charge in [-0.2, -0.15) is 4.48 Å². The molecule has 4 radical (unpaired) electrons. The highest BCUT2D eigenvalue weighted by atomic mass is 19.1. The van der Waals surface area contributed by atoms with E-state index in [0.29, 0.717) is 55.4 Å². The Morgan fingerprint density at radius 1 is 1.10 bits per heavy atom. The van der Waals surface area contributed by atoms with Gasteiger partial charge >= 0.3 is 6.03 Å². The second-order valence-corrected chi connectivity index (χ2v) is 9.09. The Labute approximate surface area is 183 Å². The van der Waals surface area contributed by atoms with E-state index in [1.165, 1.54) is 24.3 Å². The van der Waals surface area contributed by atoms with E-state index in [2.05, 4.69) is 12.2 Å². The van der Waals surface area contributed by atoms with Crippen molar-refractivity contribution in [1.82, 2.24) is 4.48 Å². The van der Waals surface area contributed by atoms with Crippen molar-refractivity contribution in [2.45, 2.75) is 38.1 Å². The van der Waals surface area contributed by atoms with Crippen molar-refractivity contribution in [3.05, 3.63) is 74.0 Å². The lowest BCUT2D eigenvalue weighted by atomic mass is 9.84. The fraction of sp³-hybridized carbons (Fsp3) is 0.360. The summed E-state index contributed by atoms with van der Waals surface area (Å²) >= 11 is 0. The Morgan fingerprint density at radius 2 is 1.74 bits per heavy atom. The number of ketones is 1. The van der Waals surface area contributed by atoms with Gasteiger partial charge in [0.05, 0.1) is 32.5 Å². The number of fused-ring (bicyclic) bond motifs is 1. The molecule has 160 valence electrons. The van der Waals surface area contributed by atoms with E-state index >= 15 is 0 Å². The first-order valence-corrected chi connectivity index (χ1v) is 10.7. The summed E-state index contributed by atoms with van der Waals surface area (Å²) in [5.41, 5.74) is 1.60. The fourth-order valence-electron chi connectivity index (χ4n) is 4.81. The number of urea groups is 1. The number of rotatable bonds is 6. The number of carbonyl (C=O) groups is 2. The van der Waals surface area contributed by atoms with Crippen molar-refractivity contribution in [1.29, 1.82) is 0 Å². The highest BCUT2D eigenvalue weighted by Gasteiger charge is 2.59. The highest BCUT2D eigenvalue weighted by molar-refractivity contribution is 6.08. The van der Waals surface area contributed by atoms with Gasteiger partial charge in [0.2, 0.25) is 14.1 Å². The second kappa shape index (κ2) is 7.84. The third kappa shape index (κ3) is 3.79. The van der Waals surface area contributed by atoms with Crippen LogP contribution < -0.4 is 9.80 Å². The maximum absolute atomic E-state index is 13.0. The average molecular weight is 422 g/mol. The zero-order valence-electron chi connectivity index (χ0n) is 17.8. The number of hydrogen-bond acceptors (Lipinski definition) is 2. The monoisotopic (exact) mass is 421 g/mol. The average Bonchev–Trinajstić information content (AvgIpc) is 3.03. The highest BCUT2D eigenvalue weighted by Crippen LogP contribution is 2.47. The molecule has 1 unspecified atom stereocenters. The number of piperidine rings is 1. The molecule has 2 aromatic rings. The third-order valence-electron chi connectivity index (χ3n) is 7.06. The molecule has 6 heteroatoms. The minimum absolute atomic E-state index is 0.00902. The molecule has 1 atom stereocenters. The van der Waals surface area contributed by atoms with Gasteiger partial charge in [0, 0.05) is 24.5 Å². The molecule has 1 saturated heterocycles. The van der Waals surface area contributed by atoms with E-state index in [4.69, 9.17) is 14.1 Å². The van der Waals surface area contributed by atoms with Crippen LogP contribution in [0.2, 0.25) is 0 Å². The predicted molar refractivity (Wildman–Crippen MR) is 118 cm³/mol. The topological polar surface area (TPSA) is 46.2 Å². The van der Waals surface area contributed by atoms with Gasteiger partial charge in [-0.3, -0.25) is 10.1 Å². The summed E-state index contributed by atoms with van der Waals surface area (Å²) < 4.78 is 13.1. The smallest absolute Gasteiger partial charge is 0.310 e. The molecule has 0 aromatic heterocycles. The van der Waals surface area contributed by atoms with E-state index < -0.39 is 5.54 Å². The molecular weight excluding hydrogens is 393 g/mol. The third-order valence-corrected chi connectivity index (χ3v) is 7.06. The molecule has 1 N–H and O–H groups in total. The molecule has 0 saturated carbocycles. The number of para-hydroxylation sites is 2. The van der Waals surface area contributed by atoms with Gasteiger partial charge in [0.1, 0.15) is 17.0 Å². The molecule has 2 aliphatic heterocycles. The number of anilines is 1. The van der Waals surface area contributed by atoms with Crippen molar-refractivity contribution in [3.8, 4) is 0 Å². The SMILES string of the molecule is [CH][N+]1(CCCC(=O)c2ccc(F)cc2)CCC(C)([N+]2([CH])C(=O)Nc3ccccc32)CC1. The Morgan fingerprint density at radius 3 is 2.42 bits per heavy atom. The molecule has 2 aliphatic rings. The number of quaternary nitrogens is 2. The largest absolute Gasteiger partial charge is 0.427 e. The van der Waals surface area contributed by atoms with Crippen molar-refractivity contribution in [2.24, 2.45) is 0 Å². The van der Waals surface area contributed by atoms with Gasteiger partial charge in [-0.05, 0) is 37.3 Å². The van der Waals surface area contributed by atoms with E-state index in [1.54, 1.807) is 0 Å². The van der Waals surface area contributed by atoms with Crippen LogP contribution in [0.25, 0.3) is 0 Å². The maximum Gasteiger partial charge on any atom is 0.427 e. The maximum atomic E-state index is 13.0. The number of halogens is 1. The lowest BCUT2D eigenvalue weighted by molar-refractivity contribution is -0.892. The number of likely N-dealkylation sites (tertiary alicyclic amines) is 1. The van der Waals surface area contributed by atoms with Crippen molar-refractivity contribution < 1.29 is 18.5 Å². The minimum Gasteiger partial charge on any atom is -0.310 e. The van der Waals surface area contributed by atoms with Crippen LogP contribution in [0.15, 0.2) is 48.5 Å². The van der Waals surface area contributed by atoms with Crippen LogP contribution in [0.4, 0.5) is 20.6 Å². The minimum atomic E-state index is -0.470. The summed E-state index contributed by atoms with van der Waals surface area (Å²) in [7, 11) is 13.4. The summed E-state index contributed by atoms with van der Waals surface area (Å²) in [5, 5.41) is 2.91. The van der Waals surface area contributed by atoms with Gasteiger partial charge < -0.3 is 4.48 Å². The Hall–Kier alpha value is -2.57. The van der Waals surface area contributed by atoms with Crippen LogP contribution in [0.1, 0.15) is 43.0 Å². The summed E-state index contributed by atoms with van der Waals surface area (Å²) in [4.78, 5) is 25.2. The quantitative estimate of drug-likeness (QED) is 0.524. The van der Waals surface area contributed by atoms with Crippen LogP contribution in [0, 0.1) is 19.9 Å². The number of nitrogens with zero attached hydrogens (tertiary/aromatic N) is 2. The summed E-state index contributed by atoms with van der Waals surface area (Å²) in [6.07, 6.45) is 2.39. The molecule has 5 nitrogen and oxygen atoms in total. The first-order valence-electron chi connectivity index (χ1n) is 10.7. The molecule has 0 aliphatic carbocycles. The van der Waals surface area contributed by atoms with Crippen LogP contribution >= 0.6 is 0 Å². The zero-order valence-corrected chi connectivity index (χ0v) is 17.8. The summed E-state index contributed by atoms with van der Waals surface area (Å²) in [5.74, 6) is -0.362. The molecule has 0 bridgehead atoms. The lowest BCUT2D eigenvalue weighted by Gasteiger charge is -2.49. The summed E-state index contributed by atoms with van der Waals surface area (Å²) in [6.45, 7) is 4.06. The first kappa shape index (κ1) is 21.7. The Balaban J connectivity index is 1.38. The van der Waals surface area contributed by atoms with Gasteiger partial charge in [0.15, 0.2) is 11.5 Å². The fourth-order valence-corrected chi connectivity index (χ4v) is 4.81. The summed E-state index contributed by atoms with van der Waals surface area (Å²) in [6, 6.07) is 13.0. The van der Waals surface area contributed by atoms with Gasteiger partial charge in [0.25, 0.3) is 0 Å². The normalized spacial score (nSPS) is 30.0. The van der Waals surface area contributed by atoms with Crippen LogP contribution in [0.5, 0.6) is 0 Å². The van der Waals surface area contributed by atoms with E-state index in [-0.39, 0.29) is 22.1 Å². The second-order valence-electron chi connectivity index (χ2n) is 9.09. The van der Waals surface area contributed by atoms with Crippen LogP contribution in [-0.2, 0) is 0 Å². The van der Waals surface area contributed by atoms with Gasteiger partial charge in [-0.25, -0.2) is 9.18 Å². The van der Waals surface area contributed by atoms with Crippen LogP contribution in [-0.4, -0.2) is 41.5 Å². The van der Waals surface area contributed by atoms with Gasteiger partial charge in [-0.15, -0.1) is 0 Å². The molecule has 0 spiro atoms. The number of benzene rings is 2. The molecule has 2 heterocycles. The number of Topliss-reactive ketones (excluding diaryl/α,β-unsaturated/α-hetero) is 1. The van der Waals surface area contributed by atoms with Crippen molar-refractivity contribution >= 4 is 23.2 Å². The zero-order chi connectivity index (χ0) is 22.3. The first-order chi connectivity index (χ1) is 14.7. The van der Waals surface area contributed by atoms with Crippen molar-refractivity contribution in [3.63, 3.8) is 0 Å². The van der Waals surface area contributed by atoms with Crippen molar-refractivity contribution in [2.75, 3.05) is 25.0 Å². The lowest BCUT2D eigenvalue weighted by Crippen LogP contribution is -2.68. The number of hydrogen-bond donors (Lipinski definition) is 1. The van der Waals surface area contributed by atoms with Gasteiger partial charge in [-0.1, -0.05) is 12.1 Å². The number of nitrogens with one attached hydrogen (secondary N) is 1. The standard InChI is InChI=1S/C25H28FN3O2/c1-25(29(3)22-8-5-4-7-21(22)27-24(29)31)14-17-28(2,18-15-25)16-6-9-23(30)19-10-12-20(26)13-11-19/h2-5,7-8,10-13H,6,9,14-18H2,1H3,(H,27,31)/q+2. The molecular formula is C25H28FN3O2+2. The molecule has 2 amide bonds. The van der Waals surface area contributed by atoms with E-state index in [1.807, 2.05) is 24.3 Å². The Kier molecular flexibility index (Phi) is 5.48. The Bertz CT molecular complexity index is 996. The van der Waals surface area contributed by atoms with E-state index in [9.17, 15) is 14.0 Å². The molecule has 4 rings (SSSR count).